The van der Waals surface area contributed by atoms with Crippen LogP contribution in [-0.4, -0.2) is 78.2 Å². The van der Waals surface area contributed by atoms with Crippen LogP contribution in [0.15, 0.2) is 12.2 Å². The Balaban J connectivity index is 2.94. The minimum absolute atomic E-state index is 0.106. The lowest BCUT2D eigenvalue weighted by Gasteiger charge is -2.40. The lowest BCUT2D eigenvalue weighted by atomic mass is 10.1. The lowest BCUT2D eigenvalue weighted by Crippen LogP contribution is -2.62. The molecule has 1 rings (SSSR count). The number of nitrogens with one attached hydrogen (secondary N) is 3. The van der Waals surface area contributed by atoms with Gasteiger partial charge in [0.1, 0.15) is 24.7 Å². The topological polar surface area (TPSA) is 126 Å². The maximum atomic E-state index is 13.4. The van der Waals surface area contributed by atoms with Gasteiger partial charge < -0.3 is 19.8 Å². The number of alkyl halides is 3. The normalized spacial score (nSPS) is 19.3. The maximum Gasteiger partial charge on any atom is 0.325 e. The predicted molar refractivity (Wildman–Crippen MR) is 156 cm³/mol. The number of halogens is 3. The van der Waals surface area contributed by atoms with Gasteiger partial charge in [-0.05, 0) is 51.7 Å². The molecule has 0 bridgehead atoms. The highest BCUT2D eigenvalue weighted by molar-refractivity contribution is 6.74. The Kier molecular flexibility index (Phi) is 13.7. The van der Waals surface area contributed by atoms with Crippen molar-refractivity contribution in [2.75, 3.05) is 13.2 Å². The number of rotatable bonds is 11. The lowest BCUT2D eigenvalue weighted by molar-refractivity contribution is -0.153. The summed E-state index contributed by atoms with van der Waals surface area (Å²) in [5, 5.41) is 6.61. The fraction of sp³-hybridized carbons (Fsp3) is 0.760. The van der Waals surface area contributed by atoms with Gasteiger partial charge in [-0.1, -0.05) is 67.7 Å². The van der Waals surface area contributed by atoms with Gasteiger partial charge in [0.2, 0.25) is 15.6 Å². The van der Waals surface area contributed by atoms with Gasteiger partial charge >= 0.3 is 5.97 Å². The SMILES string of the molecule is CC=CCC(=O)NC(C(=O)NC(C)C(=O)N1CCCC(C(=O)OCC(Cl)(Cl)Cl)N1)C(C)O[Si](C)(C)C(C)(C)C. The van der Waals surface area contributed by atoms with Gasteiger partial charge in [-0.15, -0.1) is 0 Å². The van der Waals surface area contributed by atoms with Crippen LogP contribution in [0.5, 0.6) is 0 Å². The van der Waals surface area contributed by atoms with E-state index in [1.165, 1.54) is 11.9 Å². The van der Waals surface area contributed by atoms with Crippen LogP contribution in [0.25, 0.3) is 0 Å². The maximum absolute atomic E-state index is 13.4. The van der Waals surface area contributed by atoms with Crippen LogP contribution in [0.2, 0.25) is 18.1 Å². The van der Waals surface area contributed by atoms with Crippen LogP contribution in [-0.2, 0) is 28.3 Å². The van der Waals surface area contributed by atoms with E-state index in [9.17, 15) is 19.2 Å². The van der Waals surface area contributed by atoms with Gasteiger partial charge in [0, 0.05) is 13.0 Å². The van der Waals surface area contributed by atoms with Crippen LogP contribution in [0.1, 0.15) is 60.8 Å². The zero-order chi connectivity index (χ0) is 30.2. The summed E-state index contributed by atoms with van der Waals surface area (Å²) < 4.78 is 9.67. The van der Waals surface area contributed by atoms with E-state index in [2.05, 4.69) is 49.9 Å². The molecule has 3 N–H and O–H groups in total. The average molecular weight is 630 g/mol. The third-order valence-electron chi connectivity index (χ3n) is 6.74. The van der Waals surface area contributed by atoms with Crippen LogP contribution >= 0.6 is 34.8 Å². The molecule has 1 fully saturated rings. The number of hydrogen-bond donors (Lipinski definition) is 3. The number of amides is 3. The monoisotopic (exact) mass is 628 g/mol. The van der Waals surface area contributed by atoms with Gasteiger partial charge in [0.05, 0.1) is 6.10 Å². The molecule has 39 heavy (non-hydrogen) atoms. The molecule has 14 heteroatoms. The van der Waals surface area contributed by atoms with Crippen LogP contribution in [0.4, 0.5) is 0 Å². The Morgan fingerprint density at radius 1 is 1.13 bits per heavy atom. The summed E-state index contributed by atoms with van der Waals surface area (Å²) >= 11 is 16.9. The number of hydrogen-bond acceptors (Lipinski definition) is 7. The Bertz CT molecular complexity index is 907. The first kappa shape index (κ1) is 35.7. The molecule has 1 saturated heterocycles. The molecule has 0 aromatic heterocycles. The summed E-state index contributed by atoms with van der Waals surface area (Å²) in [7, 11) is -2.28. The minimum Gasteiger partial charge on any atom is -0.460 e. The largest absolute Gasteiger partial charge is 0.460 e. The zero-order valence-electron chi connectivity index (χ0n) is 24.0. The van der Waals surface area contributed by atoms with Crippen molar-refractivity contribution in [2.24, 2.45) is 0 Å². The summed E-state index contributed by atoms with van der Waals surface area (Å²) in [6.45, 7) is 15.3. The van der Waals surface area contributed by atoms with Gasteiger partial charge in [-0.2, -0.15) is 0 Å². The number of carbonyl (C=O) groups excluding carboxylic acids is 4. The van der Waals surface area contributed by atoms with Crippen molar-refractivity contribution in [3.63, 3.8) is 0 Å². The third-order valence-corrected chi connectivity index (χ3v) is 11.6. The second kappa shape index (κ2) is 15.0. The first-order chi connectivity index (χ1) is 17.8. The highest BCUT2D eigenvalue weighted by atomic mass is 35.6. The molecule has 0 aromatic rings. The molecule has 1 aliphatic rings. The average Bonchev–Trinajstić information content (AvgIpc) is 2.82. The molecule has 10 nitrogen and oxygen atoms in total. The summed E-state index contributed by atoms with van der Waals surface area (Å²) in [5.41, 5.74) is 2.83. The number of esters is 1. The number of carbonyl (C=O) groups is 4. The van der Waals surface area contributed by atoms with Crippen LogP contribution in [0.3, 0.4) is 0 Å². The molecule has 0 saturated carbocycles. The minimum atomic E-state index is -2.28. The predicted octanol–water partition coefficient (Wildman–Crippen LogP) is 3.76. The van der Waals surface area contributed by atoms with E-state index in [1.54, 1.807) is 26.0 Å². The Labute approximate surface area is 247 Å². The summed E-state index contributed by atoms with van der Waals surface area (Å²) in [6.07, 6.45) is 3.84. The van der Waals surface area contributed by atoms with Gasteiger partial charge in [0.15, 0.2) is 8.32 Å². The second-order valence-electron chi connectivity index (χ2n) is 11.2. The number of allylic oxidation sites excluding steroid dienone is 1. The molecule has 0 spiro atoms. The fourth-order valence-corrected chi connectivity index (χ4v) is 5.11. The molecule has 3 amide bonds. The second-order valence-corrected chi connectivity index (χ2v) is 18.4. The van der Waals surface area contributed by atoms with E-state index in [0.29, 0.717) is 19.4 Å². The Morgan fingerprint density at radius 3 is 2.28 bits per heavy atom. The van der Waals surface area contributed by atoms with Crippen molar-refractivity contribution >= 4 is 66.8 Å². The van der Waals surface area contributed by atoms with E-state index in [1.807, 2.05) is 0 Å². The molecule has 0 aliphatic carbocycles. The van der Waals surface area contributed by atoms with E-state index in [-0.39, 0.29) is 17.4 Å². The van der Waals surface area contributed by atoms with Crippen molar-refractivity contribution < 1.29 is 28.3 Å². The quantitative estimate of drug-likeness (QED) is 0.138. The van der Waals surface area contributed by atoms with Gasteiger partial charge in [0.25, 0.3) is 5.91 Å². The summed E-state index contributed by atoms with van der Waals surface area (Å²) in [4.78, 5) is 51.4. The third kappa shape index (κ3) is 11.9. The van der Waals surface area contributed by atoms with E-state index < -0.39 is 60.7 Å². The number of ether oxygens (including phenoxy) is 1. The highest BCUT2D eigenvalue weighted by Crippen LogP contribution is 2.37. The fourth-order valence-electron chi connectivity index (χ4n) is 3.53. The first-order valence-electron chi connectivity index (χ1n) is 13.0. The Morgan fingerprint density at radius 2 is 1.74 bits per heavy atom. The molecule has 4 unspecified atom stereocenters. The van der Waals surface area contributed by atoms with E-state index in [4.69, 9.17) is 44.0 Å². The molecule has 4 atom stereocenters. The van der Waals surface area contributed by atoms with E-state index in [0.717, 1.165) is 0 Å². The van der Waals surface area contributed by atoms with Gasteiger partial charge in [-0.3, -0.25) is 24.2 Å². The summed E-state index contributed by atoms with van der Waals surface area (Å²) in [5.74, 6) is -2.01. The van der Waals surface area contributed by atoms with E-state index >= 15 is 0 Å². The van der Waals surface area contributed by atoms with Gasteiger partial charge in [-0.25, -0.2) is 5.43 Å². The summed E-state index contributed by atoms with van der Waals surface area (Å²) in [6, 6.07) is -2.79. The van der Waals surface area contributed by atoms with Crippen LogP contribution in [0, 0.1) is 0 Å². The van der Waals surface area contributed by atoms with Crippen molar-refractivity contribution in [3.05, 3.63) is 12.2 Å². The van der Waals surface area contributed by atoms with Crippen molar-refractivity contribution in [1.29, 1.82) is 0 Å². The molecule has 0 aromatic carbocycles. The number of nitrogens with zero attached hydrogens (tertiary/aromatic N) is 1. The van der Waals surface area contributed by atoms with Crippen molar-refractivity contribution in [2.45, 2.75) is 107 Å². The number of hydrazine groups is 1. The molecule has 1 aliphatic heterocycles. The molecular weight excluding hydrogens is 587 g/mol. The highest BCUT2D eigenvalue weighted by Gasteiger charge is 2.42. The molecular formula is C25H43Cl3N4O6Si. The van der Waals surface area contributed by atoms with Crippen molar-refractivity contribution in [1.82, 2.24) is 21.1 Å². The molecule has 224 valence electrons. The molecule has 0 radical (unpaired) electrons. The standard InChI is InChI=1S/C25H43Cl3N4O6Si/c1-9-10-13-19(33)30-20(17(3)38-39(7,8)24(4,5)6)21(34)29-16(2)22(35)32-14-11-12-18(31-32)23(36)37-15-25(26,27)28/h9-10,16-18,20,31H,11-15H2,1-8H3,(H,29,34)(H,30,33). The first-order valence-corrected chi connectivity index (χ1v) is 17.0. The smallest absolute Gasteiger partial charge is 0.325 e. The van der Waals surface area contributed by atoms with Crippen LogP contribution < -0.4 is 16.1 Å². The van der Waals surface area contributed by atoms with Crippen molar-refractivity contribution in [3.8, 4) is 0 Å². The Hall–Kier alpha value is -1.37. The zero-order valence-corrected chi connectivity index (χ0v) is 27.3. The molecule has 1 heterocycles.